The van der Waals surface area contributed by atoms with E-state index in [9.17, 15) is 9.59 Å². The maximum absolute atomic E-state index is 12.7. The molecule has 0 bridgehead atoms. The number of halogens is 1. The zero-order chi connectivity index (χ0) is 19.0. The van der Waals surface area contributed by atoms with E-state index >= 15 is 0 Å². The van der Waals surface area contributed by atoms with Crippen molar-refractivity contribution in [3.05, 3.63) is 51.3 Å². The van der Waals surface area contributed by atoms with Crippen LogP contribution < -0.4 is 20.3 Å². The number of fused-ring (bicyclic) bond motifs is 2. The Morgan fingerprint density at radius 2 is 1.96 bits per heavy atom. The highest BCUT2D eigenvalue weighted by molar-refractivity contribution is 6.33. The van der Waals surface area contributed by atoms with Crippen LogP contribution in [0.15, 0.2) is 35.1 Å². The van der Waals surface area contributed by atoms with Crippen LogP contribution in [-0.2, 0) is 11.3 Å². The number of nitrogens with one attached hydrogen (secondary N) is 1. The fraction of sp³-hybridized carbons (Fsp3) is 0.222. The molecule has 0 aliphatic carbocycles. The zero-order valence-electron chi connectivity index (χ0n) is 14.4. The van der Waals surface area contributed by atoms with Crippen LogP contribution in [0.3, 0.4) is 0 Å². The van der Waals surface area contributed by atoms with E-state index < -0.39 is 11.5 Å². The predicted molar refractivity (Wildman–Crippen MR) is 99.6 cm³/mol. The van der Waals surface area contributed by atoms with Gasteiger partial charge < -0.3 is 14.8 Å². The first-order valence-corrected chi connectivity index (χ1v) is 8.62. The maximum Gasteiger partial charge on any atom is 0.278 e. The summed E-state index contributed by atoms with van der Waals surface area (Å²) in [4.78, 5) is 25.0. The van der Waals surface area contributed by atoms with E-state index in [1.807, 2.05) is 13.0 Å². The molecule has 138 valence electrons. The van der Waals surface area contributed by atoms with Crippen LogP contribution in [0.25, 0.3) is 10.9 Å². The number of hydrogen-bond acceptors (Lipinski definition) is 6. The van der Waals surface area contributed by atoms with Crippen LogP contribution in [0.4, 0.5) is 5.69 Å². The van der Waals surface area contributed by atoms with E-state index in [2.05, 4.69) is 15.6 Å². The molecule has 2 aromatic carbocycles. The fourth-order valence-corrected chi connectivity index (χ4v) is 2.94. The SMILES string of the molecule is Cc1ccc(Cl)c(NC(=O)Cn2nnc3cc4c(cc3c2=O)OCCO4)c1. The second kappa shape index (κ2) is 6.88. The lowest BCUT2D eigenvalue weighted by molar-refractivity contribution is -0.117. The largest absolute Gasteiger partial charge is 0.486 e. The van der Waals surface area contributed by atoms with Gasteiger partial charge in [-0.3, -0.25) is 9.59 Å². The Hall–Kier alpha value is -3.13. The lowest BCUT2D eigenvalue weighted by Crippen LogP contribution is -2.30. The van der Waals surface area contributed by atoms with Gasteiger partial charge in [-0.25, -0.2) is 4.68 Å². The van der Waals surface area contributed by atoms with Crippen molar-refractivity contribution < 1.29 is 14.3 Å². The molecule has 0 radical (unpaired) electrons. The number of rotatable bonds is 3. The third kappa shape index (κ3) is 3.43. The highest BCUT2D eigenvalue weighted by Gasteiger charge is 2.17. The van der Waals surface area contributed by atoms with Gasteiger partial charge in [-0.15, -0.1) is 5.10 Å². The van der Waals surface area contributed by atoms with Crippen molar-refractivity contribution >= 4 is 34.1 Å². The Morgan fingerprint density at radius 3 is 2.74 bits per heavy atom. The molecule has 0 fully saturated rings. The highest BCUT2D eigenvalue weighted by atomic mass is 35.5. The summed E-state index contributed by atoms with van der Waals surface area (Å²) in [5.74, 6) is 0.559. The molecule has 8 nitrogen and oxygen atoms in total. The van der Waals surface area contributed by atoms with Crippen LogP contribution >= 0.6 is 11.6 Å². The van der Waals surface area contributed by atoms with Crippen molar-refractivity contribution in [1.29, 1.82) is 0 Å². The van der Waals surface area contributed by atoms with E-state index in [4.69, 9.17) is 21.1 Å². The number of nitrogens with zero attached hydrogens (tertiary/aromatic N) is 3. The number of carbonyl (C=O) groups is 1. The van der Waals surface area contributed by atoms with Crippen molar-refractivity contribution in [3.63, 3.8) is 0 Å². The lowest BCUT2D eigenvalue weighted by Gasteiger charge is -2.18. The number of anilines is 1. The maximum atomic E-state index is 12.7. The van der Waals surface area contributed by atoms with Crippen molar-refractivity contribution in [2.24, 2.45) is 0 Å². The first-order valence-electron chi connectivity index (χ1n) is 8.24. The van der Waals surface area contributed by atoms with Crippen LogP contribution in [0, 0.1) is 6.92 Å². The van der Waals surface area contributed by atoms with Gasteiger partial charge in [0.2, 0.25) is 5.91 Å². The Labute approximate surface area is 158 Å². The van der Waals surface area contributed by atoms with Gasteiger partial charge in [-0.1, -0.05) is 22.9 Å². The number of aryl methyl sites for hydroxylation is 1. The van der Waals surface area contributed by atoms with Crippen molar-refractivity contribution in [1.82, 2.24) is 15.0 Å². The molecule has 3 aromatic rings. The smallest absolute Gasteiger partial charge is 0.278 e. The first-order chi connectivity index (χ1) is 13.0. The summed E-state index contributed by atoms with van der Waals surface area (Å²) in [5.41, 5.74) is 1.36. The zero-order valence-corrected chi connectivity index (χ0v) is 15.1. The molecule has 0 saturated carbocycles. The summed E-state index contributed by atoms with van der Waals surface area (Å²) in [5, 5.41) is 11.2. The van der Waals surface area contributed by atoms with Gasteiger partial charge in [0, 0.05) is 6.07 Å². The molecule has 9 heteroatoms. The Kier molecular flexibility index (Phi) is 4.41. The summed E-state index contributed by atoms with van der Waals surface area (Å²) < 4.78 is 12.0. The summed E-state index contributed by atoms with van der Waals surface area (Å²) in [6, 6.07) is 8.45. The van der Waals surface area contributed by atoms with Crippen molar-refractivity contribution in [3.8, 4) is 11.5 Å². The summed E-state index contributed by atoms with van der Waals surface area (Å²) in [7, 11) is 0. The molecular weight excluding hydrogens is 372 g/mol. The minimum absolute atomic E-state index is 0.291. The number of ether oxygens (including phenoxy) is 2. The second-order valence-corrected chi connectivity index (χ2v) is 6.50. The molecule has 4 rings (SSSR count). The minimum Gasteiger partial charge on any atom is -0.486 e. The number of hydrogen-bond donors (Lipinski definition) is 1. The van der Waals surface area contributed by atoms with Crippen LogP contribution in [0.2, 0.25) is 5.02 Å². The summed E-state index contributed by atoms with van der Waals surface area (Å²) >= 11 is 6.08. The van der Waals surface area contributed by atoms with Gasteiger partial charge in [-0.05, 0) is 30.7 Å². The number of carbonyl (C=O) groups excluding carboxylic acids is 1. The number of amides is 1. The molecule has 27 heavy (non-hydrogen) atoms. The average molecular weight is 387 g/mol. The van der Waals surface area contributed by atoms with Gasteiger partial charge in [0.25, 0.3) is 5.56 Å². The fourth-order valence-electron chi connectivity index (χ4n) is 2.78. The van der Waals surface area contributed by atoms with Gasteiger partial charge in [0.15, 0.2) is 11.5 Å². The van der Waals surface area contributed by atoms with E-state index in [1.54, 1.807) is 24.3 Å². The van der Waals surface area contributed by atoms with E-state index in [1.165, 1.54) is 0 Å². The Bertz CT molecular complexity index is 1110. The number of benzene rings is 2. The molecule has 1 aliphatic rings. The third-order valence-corrected chi connectivity index (χ3v) is 4.40. The van der Waals surface area contributed by atoms with E-state index in [0.29, 0.717) is 46.3 Å². The molecule has 1 N–H and O–H groups in total. The minimum atomic E-state index is -0.442. The quantitative estimate of drug-likeness (QED) is 0.741. The molecule has 0 saturated heterocycles. The van der Waals surface area contributed by atoms with Gasteiger partial charge >= 0.3 is 0 Å². The monoisotopic (exact) mass is 386 g/mol. The first kappa shape index (κ1) is 17.3. The summed E-state index contributed by atoms with van der Waals surface area (Å²) in [6.07, 6.45) is 0. The Balaban J connectivity index is 1.62. The predicted octanol–water partition coefficient (Wildman–Crippen LogP) is 2.16. The molecule has 1 aromatic heterocycles. The average Bonchev–Trinajstić information content (AvgIpc) is 2.66. The van der Waals surface area contributed by atoms with Gasteiger partial charge in [0.05, 0.1) is 16.1 Å². The standard InChI is InChI=1S/C18H15ClN4O4/c1-10-2-3-12(19)14(6-10)20-17(24)9-23-18(25)11-7-15-16(27-5-4-26-15)8-13(11)21-22-23/h2-3,6-8H,4-5,9H2,1H3,(H,20,24). The molecule has 1 amide bonds. The lowest BCUT2D eigenvalue weighted by atomic mass is 10.2. The Morgan fingerprint density at radius 1 is 1.22 bits per heavy atom. The van der Waals surface area contributed by atoms with Crippen molar-refractivity contribution in [2.75, 3.05) is 18.5 Å². The van der Waals surface area contributed by atoms with Crippen LogP contribution in [-0.4, -0.2) is 34.1 Å². The molecule has 0 atom stereocenters. The topological polar surface area (TPSA) is 95.3 Å². The van der Waals surface area contributed by atoms with Gasteiger partial charge in [0.1, 0.15) is 25.3 Å². The molecular formula is C18H15ClN4O4. The van der Waals surface area contributed by atoms with Gasteiger partial charge in [-0.2, -0.15) is 0 Å². The van der Waals surface area contributed by atoms with Crippen molar-refractivity contribution in [2.45, 2.75) is 13.5 Å². The van der Waals surface area contributed by atoms with Crippen LogP contribution in [0.5, 0.6) is 11.5 Å². The summed E-state index contributed by atoms with van der Waals surface area (Å²) in [6.45, 7) is 2.44. The third-order valence-electron chi connectivity index (χ3n) is 4.08. The number of aromatic nitrogens is 3. The highest BCUT2D eigenvalue weighted by Crippen LogP contribution is 2.32. The van der Waals surface area contributed by atoms with E-state index in [0.717, 1.165) is 10.2 Å². The second-order valence-electron chi connectivity index (χ2n) is 6.10. The van der Waals surface area contributed by atoms with Crippen LogP contribution in [0.1, 0.15) is 5.56 Å². The normalized spacial score (nSPS) is 12.8. The molecule has 1 aliphatic heterocycles. The molecule has 2 heterocycles. The molecule has 0 unspecified atom stereocenters. The molecule has 0 spiro atoms. The van der Waals surface area contributed by atoms with E-state index in [-0.39, 0.29) is 6.54 Å².